The average Bonchev–Trinajstić information content (AvgIpc) is 2.86. The van der Waals surface area contributed by atoms with Gasteiger partial charge in [0.15, 0.2) is 0 Å². The minimum atomic E-state index is 0.0355. The molecule has 2 N–H and O–H groups in total. The maximum absolute atomic E-state index is 6.23. The number of imidazole rings is 1. The van der Waals surface area contributed by atoms with E-state index < -0.39 is 0 Å². The lowest BCUT2D eigenvalue weighted by molar-refractivity contribution is -0.0347. The minimum Gasteiger partial charge on any atom is -0.374 e. The fraction of sp³-hybridized carbons (Fsp3) is 0.786. The molecule has 1 aromatic heterocycles. The maximum Gasteiger partial charge on any atom is 0.0949 e. The summed E-state index contributed by atoms with van der Waals surface area (Å²) in [7, 11) is 0. The molecule has 1 fully saturated rings. The Bertz CT molecular complexity index is 391. The van der Waals surface area contributed by atoms with Gasteiger partial charge in [-0.25, -0.2) is 4.98 Å². The van der Waals surface area contributed by atoms with Crippen molar-refractivity contribution in [2.24, 2.45) is 11.7 Å². The van der Waals surface area contributed by atoms with E-state index in [-0.39, 0.29) is 12.1 Å². The summed E-state index contributed by atoms with van der Waals surface area (Å²) in [6.45, 7) is 11.2. The van der Waals surface area contributed by atoms with Gasteiger partial charge in [-0.1, -0.05) is 20.8 Å². The van der Waals surface area contributed by atoms with Crippen molar-refractivity contribution >= 4 is 0 Å². The lowest BCUT2D eigenvalue weighted by atomic mass is 10.0. The highest BCUT2D eigenvalue weighted by atomic mass is 16.5. The van der Waals surface area contributed by atoms with E-state index in [2.05, 4.69) is 35.2 Å². The molecule has 1 saturated heterocycles. The molecule has 1 aromatic rings. The molecule has 2 rings (SSSR count). The van der Waals surface area contributed by atoms with Gasteiger partial charge in [0.1, 0.15) is 0 Å². The first-order chi connectivity index (χ1) is 9.11. The number of rotatable bonds is 5. The summed E-state index contributed by atoms with van der Waals surface area (Å²) in [6.07, 6.45) is 3.98. The zero-order chi connectivity index (χ0) is 13.8. The molecule has 108 valence electrons. The largest absolute Gasteiger partial charge is 0.374 e. The monoisotopic (exact) mass is 266 g/mol. The summed E-state index contributed by atoms with van der Waals surface area (Å²) in [4.78, 5) is 6.67. The highest BCUT2D eigenvalue weighted by Gasteiger charge is 2.22. The van der Waals surface area contributed by atoms with Crippen LogP contribution >= 0.6 is 0 Å². The van der Waals surface area contributed by atoms with Crippen LogP contribution in [0.3, 0.4) is 0 Å². The topological polar surface area (TPSA) is 56.3 Å². The molecule has 2 heterocycles. The van der Waals surface area contributed by atoms with Crippen LogP contribution in [0, 0.1) is 5.92 Å². The number of nitrogens with two attached hydrogens (primary N) is 1. The molecular formula is C14H26N4O. The van der Waals surface area contributed by atoms with Crippen molar-refractivity contribution in [3.63, 3.8) is 0 Å². The van der Waals surface area contributed by atoms with Gasteiger partial charge in [0.2, 0.25) is 0 Å². The Labute approximate surface area is 115 Å². The highest BCUT2D eigenvalue weighted by Crippen LogP contribution is 2.19. The zero-order valence-electron chi connectivity index (χ0n) is 12.2. The summed E-state index contributed by atoms with van der Waals surface area (Å²) >= 11 is 0. The third-order valence-corrected chi connectivity index (χ3v) is 3.87. The van der Waals surface area contributed by atoms with Crippen molar-refractivity contribution in [3.8, 4) is 0 Å². The first kappa shape index (κ1) is 14.5. The second kappa shape index (κ2) is 6.50. The molecule has 2 unspecified atom stereocenters. The second-order valence-corrected chi connectivity index (χ2v) is 5.63. The summed E-state index contributed by atoms with van der Waals surface area (Å²) in [5, 5.41) is 0. The fourth-order valence-electron chi connectivity index (χ4n) is 2.50. The molecule has 0 amide bonds. The van der Waals surface area contributed by atoms with Crippen LogP contribution in [-0.2, 0) is 11.3 Å². The third-order valence-electron chi connectivity index (χ3n) is 3.87. The second-order valence-electron chi connectivity index (χ2n) is 5.63. The molecule has 0 saturated carbocycles. The number of ether oxygens (including phenoxy) is 1. The Morgan fingerprint density at radius 2 is 2.32 bits per heavy atom. The summed E-state index contributed by atoms with van der Waals surface area (Å²) in [6, 6.07) is 0.0355. The Hall–Kier alpha value is -0.910. The van der Waals surface area contributed by atoms with E-state index in [1.54, 1.807) is 0 Å². The van der Waals surface area contributed by atoms with E-state index in [9.17, 15) is 0 Å². The van der Waals surface area contributed by atoms with Crippen LogP contribution in [0.4, 0.5) is 0 Å². The number of aromatic nitrogens is 2. The number of morpholine rings is 1. The normalized spacial score (nSPS) is 22.9. The minimum absolute atomic E-state index is 0.0355. The maximum atomic E-state index is 6.23. The van der Waals surface area contributed by atoms with E-state index in [1.165, 1.54) is 0 Å². The zero-order valence-corrected chi connectivity index (χ0v) is 12.2. The predicted octanol–water partition coefficient (Wildman–Crippen LogP) is 1.26. The van der Waals surface area contributed by atoms with E-state index in [0.29, 0.717) is 5.92 Å². The van der Waals surface area contributed by atoms with Crippen molar-refractivity contribution in [1.29, 1.82) is 0 Å². The van der Waals surface area contributed by atoms with E-state index >= 15 is 0 Å². The van der Waals surface area contributed by atoms with Crippen LogP contribution in [0.25, 0.3) is 0 Å². The Balaban J connectivity index is 2.01. The average molecular weight is 266 g/mol. The van der Waals surface area contributed by atoms with Gasteiger partial charge in [0.25, 0.3) is 0 Å². The first-order valence-corrected chi connectivity index (χ1v) is 7.21. The van der Waals surface area contributed by atoms with Crippen molar-refractivity contribution in [2.45, 2.75) is 39.5 Å². The van der Waals surface area contributed by atoms with E-state index in [4.69, 9.17) is 10.5 Å². The van der Waals surface area contributed by atoms with Gasteiger partial charge in [0, 0.05) is 25.3 Å². The van der Waals surface area contributed by atoms with Crippen molar-refractivity contribution in [1.82, 2.24) is 14.5 Å². The van der Waals surface area contributed by atoms with Gasteiger partial charge in [-0.2, -0.15) is 0 Å². The Morgan fingerprint density at radius 3 is 3.00 bits per heavy atom. The van der Waals surface area contributed by atoms with E-state index in [1.807, 2.05) is 12.5 Å². The van der Waals surface area contributed by atoms with Crippen molar-refractivity contribution in [2.75, 3.05) is 26.2 Å². The van der Waals surface area contributed by atoms with Crippen LogP contribution in [0.2, 0.25) is 0 Å². The van der Waals surface area contributed by atoms with Crippen molar-refractivity contribution < 1.29 is 4.74 Å². The molecule has 1 aliphatic rings. The SMILES string of the molecule is CCN1CCOC(Cn2cncc2C(N)C(C)C)C1. The quantitative estimate of drug-likeness (QED) is 0.871. The molecule has 0 aromatic carbocycles. The molecular weight excluding hydrogens is 240 g/mol. The summed E-state index contributed by atoms with van der Waals surface area (Å²) < 4.78 is 7.99. The lowest BCUT2D eigenvalue weighted by Crippen LogP contribution is -2.44. The standard InChI is InChI=1S/C14H26N4O/c1-4-17-5-6-19-12(8-17)9-18-10-16-7-13(18)14(15)11(2)3/h7,10-12,14H,4-6,8-9,15H2,1-3H3. The summed E-state index contributed by atoms with van der Waals surface area (Å²) in [5.41, 5.74) is 7.33. The van der Waals surface area contributed by atoms with Crippen LogP contribution < -0.4 is 5.73 Å². The van der Waals surface area contributed by atoms with Gasteiger partial charge >= 0.3 is 0 Å². The molecule has 5 nitrogen and oxygen atoms in total. The van der Waals surface area contributed by atoms with E-state index in [0.717, 1.165) is 38.5 Å². The Kier molecular flexibility index (Phi) is 4.96. The molecule has 5 heteroatoms. The summed E-state index contributed by atoms with van der Waals surface area (Å²) in [5.74, 6) is 0.412. The van der Waals surface area contributed by atoms with Crippen LogP contribution in [0.1, 0.15) is 32.5 Å². The Morgan fingerprint density at radius 1 is 1.53 bits per heavy atom. The lowest BCUT2D eigenvalue weighted by Gasteiger charge is -2.32. The number of hydrogen-bond donors (Lipinski definition) is 1. The van der Waals surface area contributed by atoms with Gasteiger partial charge in [-0.15, -0.1) is 0 Å². The number of likely N-dealkylation sites (N-methyl/N-ethyl adjacent to an activating group) is 1. The van der Waals surface area contributed by atoms with Crippen LogP contribution in [-0.4, -0.2) is 46.8 Å². The number of hydrogen-bond acceptors (Lipinski definition) is 4. The highest BCUT2D eigenvalue weighted by molar-refractivity contribution is 5.05. The third kappa shape index (κ3) is 3.55. The molecule has 0 aliphatic carbocycles. The fourth-order valence-corrected chi connectivity index (χ4v) is 2.50. The van der Waals surface area contributed by atoms with Gasteiger partial charge < -0.3 is 15.0 Å². The molecule has 0 bridgehead atoms. The predicted molar refractivity (Wildman–Crippen MR) is 75.8 cm³/mol. The number of nitrogens with zero attached hydrogens (tertiary/aromatic N) is 3. The van der Waals surface area contributed by atoms with Gasteiger partial charge in [0.05, 0.1) is 31.3 Å². The molecule has 0 radical (unpaired) electrons. The molecule has 1 aliphatic heterocycles. The van der Waals surface area contributed by atoms with Gasteiger partial charge in [-0.05, 0) is 12.5 Å². The first-order valence-electron chi connectivity index (χ1n) is 7.21. The molecule has 0 spiro atoms. The molecule has 2 atom stereocenters. The van der Waals surface area contributed by atoms with Crippen LogP contribution in [0.15, 0.2) is 12.5 Å². The smallest absolute Gasteiger partial charge is 0.0949 e. The van der Waals surface area contributed by atoms with Crippen LogP contribution in [0.5, 0.6) is 0 Å². The van der Waals surface area contributed by atoms with Crippen molar-refractivity contribution in [3.05, 3.63) is 18.2 Å². The molecule has 19 heavy (non-hydrogen) atoms. The van der Waals surface area contributed by atoms with Gasteiger partial charge in [-0.3, -0.25) is 4.90 Å².